The standard InChI is InChI=1S/C26H18N2O2/c29-26(30-15-16-6-2-1-3-7-16)17-10-11-19-21-13-12-20-18-8-4-5-9-22(18)27-24(20)25(21)28-23(19)14-17/h1-14,27-28H,15H2. The molecule has 4 heteroatoms. The first kappa shape index (κ1) is 16.9. The maximum Gasteiger partial charge on any atom is 0.338 e. The Balaban J connectivity index is 1.42. The van der Waals surface area contributed by atoms with Crippen LogP contribution >= 0.6 is 0 Å². The fourth-order valence-electron chi connectivity index (χ4n) is 4.22. The van der Waals surface area contributed by atoms with Gasteiger partial charge in [-0.05, 0) is 23.8 Å². The van der Waals surface area contributed by atoms with E-state index in [4.69, 9.17) is 4.74 Å². The Labute approximate surface area is 172 Å². The molecule has 0 aliphatic heterocycles. The molecule has 2 heterocycles. The molecule has 144 valence electrons. The van der Waals surface area contributed by atoms with Gasteiger partial charge in [0.05, 0.1) is 16.6 Å². The lowest BCUT2D eigenvalue weighted by Gasteiger charge is -2.05. The highest BCUT2D eigenvalue weighted by Gasteiger charge is 2.14. The highest BCUT2D eigenvalue weighted by molar-refractivity contribution is 6.21. The third-order valence-electron chi connectivity index (χ3n) is 5.70. The number of hydrogen-bond donors (Lipinski definition) is 2. The summed E-state index contributed by atoms with van der Waals surface area (Å²) >= 11 is 0. The molecule has 2 N–H and O–H groups in total. The van der Waals surface area contributed by atoms with Gasteiger partial charge in [-0.3, -0.25) is 0 Å². The Bertz CT molecular complexity index is 1560. The summed E-state index contributed by atoms with van der Waals surface area (Å²) in [6.45, 7) is 0.264. The summed E-state index contributed by atoms with van der Waals surface area (Å²) in [7, 11) is 0. The SMILES string of the molecule is O=C(OCc1ccccc1)c1ccc2c(c1)[nH]c1c2ccc2c3ccccc3[nH]c21. The number of aromatic amines is 2. The molecule has 4 aromatic carbocycles. The van der Waals surface area contributed by atoms with Crippen LogP contribution in [0.25, 0.3) is 43.6 Å². The van der Waals surface area contributed by atoms with E-state index in [-0.39, 0.29) is 12.6 Å². The van der Waals surface area contributed by atoms with E-state index in [0.29, 0.717) is 5.56 Å². The van der Waals surface area contributed by atoms with Crippen molar-refractivity contribution in [3.05, 3.63) is 96.1 Å². The molecule has 0 fully saturated rings. The number of benzene rings is 4. The van der Waals surface area contributed by atoms with Gasteiger partial charge in [0.25, 0.3) is 0 Å². The van der Waals surface area contributed by atoms with Crippen molar-refractivity contribution in [2.24, 2.45) is 0 Å². The molecule has 0 radical (unpaired) electrons. The third kappa shape index (κ3) is 2.58. The van der Waals surface area contributed by atoms with Gasteiger partial charge < -0.3 is 14.7 Å². The van der Waals surface area contributed by atoms with Crippen LogP contribution in [0.15, 0.2) is 84.9 Å². The van der Waals surface area contributed by atoms with Gasteiger partial charge in [-0.25, -0.2) is 4.79 Å². The predicted octanol–water partition coefficient (Wildman–Crippen LogP) is 6.31. The van der Waals surface area contributed by atoms with Crippen LogP contribution in [0.3, 0.4) is 0 Å². The Morgan fingerprint density at radius 3 is 2.10 bits per heavy atom. The quantitative estimate of drug-likeness (QED) is 0.348. The lowest BCUT2D eigenvalue weighted by molar-refractivity contribution is 0.0473. The number of fused-ring (bicyclic) bond motifs is 7. The second-order valence-electron chi connectivity index (χ2n) is 7.53. The number of para-hydroxylation sites is 1. The number of nitrogens with one attached hydrogen (secondary N) is 2. The van der Waals surface area contributed by atoms with E-state index in [1.165, 1.54) is 10.8 Å². The number of carbonyl (C=O) groups excluding carboxylic acids is 1. The first-order valence-corrected chi connectivity index (χ1v) is 9.94. The van der Waals surface area contributed by atoms with Crippen molar-refractivity contribution < 1.29 is 9.53 Å². The molecule has 6 aromatic rings. The summed E-state index contributed by atoms with van der Waals surface area (Å²) in [5.41, 5.74) is 5.68. The van der Waals surface area contributed by atoms with Crippen molar-refractivity contribution in [3.63, 3.8) is 0 Å². The zero-order valence-electron chi connectivity index (χ0n) is 16.1. The minimum absolute atomic E-state index is 0.264. The van der Waals surface area contributed by atoms with Crippen LogP contribution in [0, 0.1) is 0 Å². The van der Waals surface area contributed by atoms with Gasteiger partial charge in [0.1, 0.15) is 6.61 Å². The van der Waals surface area contributed by atoms with E-state index in [0.717, 1.165) is 38.4 Å². The van der Waals surface area contributed by atoms with Crippen molar-refractivity contribution in [1.29, 1.82) is 0 Å². The molecule has 0 spiro atoms. The lowest BCUT2D eigenvalue weighted by atomic mass is 10.1. The molecule has 0 unspecified atom stereocenters. The minimum atomic E-state index is -0.324. The van der Waals surface area contributed by atoms with Crippen LogP contribution in [0.4, 0.5) is 0 Å². The first-order valence-electron chi connectivity index (χ1n) is 9.94. The summed E-state index contributed by atoms with van der Waals surface area (Å²) in [5.74, 6) is -0.324. The molecular formula is C26H18N2O2. The summed E-state index contributed by atoms with van der Waals surface area (Å²) in [5, 5.41) is 4.61. The van der Waals surface area contributed by atoms with Gasteiger partial charge in [-0.2, -0.15) is 0 Å². The second-order valence-corrected chi connectivity index (χ2v) is 7.53. The van der Waals surface area contributed by atoms with Gasteiger partial charge in [0, 0.05) is 32.6 Å². The number of carbonyl (C=O) groups is 1. The van der Waals surface area contributed by atoms with Gasteiger partial charge in [-0.1, -0.05) is 66.7 Å². The van der Waals surface area contributed by atoms with Gasteiger partial charge in [-0.15, -0.1) is 0 Å². The van der Waals surface area contributed by atoms with Crippen molar-refractivity contribution in [2.45, 2.75) is 6.61 Å². The smallest absolute Gasteiger partial charge is 0.338 e. The average Bonchev–Trinajstić information content (AvgIpc) is 3.36. The molecule has 2 aromatic heterocycles. The fourth-order valence-corrected chi connectivity index (χ4v) is 4.22. The Morgan fingerprint density at radius 2 is 1.30 bits per heavy atom. The van der Waals surface area contributed by atoms with Crippen molar-refractivity contribution >= 4 is 49.6 Å². The number of esters is 1. The molecule has 0 amide bonds. The number of H-pyrrole nitrogens is 2. The molecule has 4 nitrogen and oxygen atoms in total. The van der Waals surface area contributed by atoms with Crippen LogP contribution in [0.5, 0.6) is 0 Å². The molecule has 0 saturated carbocycles. The van der Waals surface area contributed by atoms with Crippen LogP contribution in [0.1, 0.15) is 15.9 Å². The zero-order chi connectivity index (χ0) is 20.1. The largest absolute Gasteiger partial charge is 0.457 e. The molecular weight excluding hydrogens is 372 g/mol. The molecule has 6 rings (SSSR count). The van der Waals surface area contributed by atoms with Crippen LogP contribution in [-0.2, 0) is 11.3 Å². The highest BCUT2D eigenvalue weighted by Crippen LogP contribution is 2.34. The first-order chi connectivity index (χ1) is 14.8. The van der Waals surface area contributed by atoms with E-state index in [1.807, 2.05) is 54.6 Å². The molecule has 0 aliphatic carbocycles. The number of ether oxygens (including phenoxy) is 1. The summed E-state index contributed by atoms with van der Waals surface area (Å²) < 4.78 is 5.49. The topological polar surface area (TPSA) is 57.9 Å². The molecule has 0 saturated heterocycles. The van der Waals surface area contributed by atoms with Gasteiger partial charge in [0.2, 0.25) is 0 Å². The van der Waals surface area contributed by atoms with E-state index in [2.05, 4.69) is 40.3 Å². The lowest BCUT2D eigenvalue weighted by Crippen LogP contribution is -2.05. The minimum Gasteiger partial charge on any atom is -0.457 e. The highest BCUT2D eigenvalue weighted by atomic mass is 16.5. The number of hydrogen-bond acceptors (Lipinski definition) is 2. The fraction of sp³-hybridized carbons (Fsp3) is 0.0385. The average molecular weight is 390 g/mol. The summed E-state index contributed by atoms with van der Waals surface area (Å²) in [6.07, 6.45) is 0. The van der Waals surface area contributed by atoms with E-state index in [1.54, 1.807) is 0 Å². The maximum absolute atomic E-state index is 12.6. The number of aromatic nitrogens is 2. The normalized spacial score (nSPS) is 11.6. The zero-order valence-corrected chi connectivity index (χ0v) is 16.1. The van der Waals surface area contributed by atoms with Crippen LogP contribution in [-0.4, -0.2) is 15.9 Å². The van der Waals surface area contributed by atoms with Gasteiger partial charge >= 0.3 is 5.97 Å². The van der Waals surface area contributed by atoms with Crippen LogP contribution in [0.2, 0.25) is 0 Å². The molecule has 30 heavy (non-hydrogen) atoms. The second kappa shape index (κ2) is 6.49. The molecule has 0 aliphatic rings. The number of rotatable bonds is 3. The van der Waals surface area contributed by atoms with Crippen molar-refractivity contribution in [1.82, 2.24) is 9.97 Å². The van der Waals surface area contributed by atoms with Crippen molar-refractivity contribution in [3.8, 4) is 0 Å². The van der Waals surface area contributed by atoms with E-state index < -0.39 is 0 Å². The Hall–Kier alpha value is -4.05. The predicted molar refractivity (Wildman–Crippen MR) is 121 cm³/mol. The Kier molecular flexibility index (Phi) is 3.65. The van der Waals surface area contributed by atoms with Crippen molar-refractivity contribution in [2.75, 3.05) is 0 Å². The summed E-state index contributed by atoms with van der Waals surface area (Å²) in [4.78, 5) is 19.6. The summed E-state index contributed by atoms with van der Waals surface area (Å²) in [6, 6.07) is 28.0. The molecule has 0 atom stereocenters. The van der Waals surface area contributed by atoms with E-state index in [9.17, 15) is 4.79 Å². The Morgan fingerprint density at radius 1 is 0.667 bits per heavy atom. The third-order valence-corrected chi connectivity index (χ3v) is 5.70. The monoisotopic (exact) mass is 390 g/mol. The van der Waals surface area contributed by atoms with Gasteiger partial charge in [0.15, 0.2) is 0 Å². The molecule has 0 bridgehead atoms. The maximum atomic E-state index is 12.6. The van der Waals surface area contributed by atoms with Crippen LogP contribution < -0.4 is 0 Å². The van der Waals surface area contributed by atoms with E-state index >= 15 is 0 Å².